The highest BCUT2D eigenvalue weighted by molar-refractivity contribution is 5.79. The first-order valence-electron chi connectivity index (χ1n) is 5.13. The zero-order chi connectivity index (χ0) is 11.8. The van der Waals surface area contributed by atoms with Gasteiger partial charge >= 0.3 is 0 Å². The summed E-state index contributed by atoms with van der Waals surface area (Å²) in [4.78, 5) is 16.4. The molecule has 1 N–H and O–H groups in total. The van der Waals surface area contributed by atoms with Gasteiger partial charge in [-0.1, -0.05) is 37.3 Å². The third-order valence-electron chi connectivity index (χ3n) is 2.13. The number of nitrogens with one attached hydrogen (secondary N) is 1. The quantitative estimate of drug-likeness (QED) is 0.766. The minimum atomic E-state index is -0.643. The number of hydroxylamine groups is 1. The molecule has 0 aromatic heterocycles. The summed E-state index contributed by atoms with van der Waals surface area (Å²) in [6.07, 6.45) is 0.483. The summed E-state index contributed by atoms with van der Waals surface area (Å²) >= 11 is 0. The number of hydrogen-bond donors (Lipinski definition) is 1. The predicted molar refractivity (Wildman–Crippen MR) is 58.8 cm³/mol. The van der Waals surface area contributed by atoms with Gasteiger partial charge in [-0.05, 0) is 12.0 Å². The Balaban J connectivity index is 2.31. The molecule has 0 radical (unpaired) electrons. The van der Waals surface area contributed by atoms with E-state index in [2.05, 4.69) is 5.48 Å². The van der Waals surface area contributed by atoms with Crippen LogP contribution in [0.2, 0.25) is 0 Å². The second kappa shape index (κ2) is 6.59. The molecule has 1 rings (SSSR count). The fraction of sp³-hybridized carbons (Fsp3) is 0.333. The van der Waals surface area contributed by atoms with Crippen LogP contribution in [0.15, 0.2) is 30.3 Å². The van der Waals surface area contributed by atoms with Crippen LogP contribution in [0.3, 0.4) is 0 Å². The molecule has 4 nitrogen and oxygen atoms in total. The van der Waals surface area contributed by atoms with Gasteiger partial charge in [-0.2, -0.15) is 5.26 Å². The molecular weight excluding hydrogens is 204 g/mol. The van der Waals surface area contributed by atoms with E-state index >= 15 is 0 Å². The van der Waals surface area contributed by atoms with E-state index in [-0.39, 0.29) is 5.91 Å². The van der Waals surface area contributed by atoms with Crippen LogP contribution in [-0.4, -0.2) is 5.91 Å². The standard InChI is InChI=1S/C12H14N2O2/c1-2-11(8-13)12(15)14-16-9-10-6-4-3-5-7-10/h3-7,11H,2,9H2,1H3,(H,14,15). The van der Waals surface area contributed by atoms with E-state index in [1.165, 1.54) is 0 Å². The SMILES string of the molecule is CCC(C#N)C(=O)NOCc1ccccc1. The lowest BCUT2D eigenvalue weighted by molar-refractivity contribution is -0.137. The predicted octanol–water partition coefficient (Wildman–Crippen LogP) is 1.78. The van der Waals surface area contributed by atoms with E-state index in [1.807, 2.05) is 36.4 Å². The summed E-state index contributed by atoms with van der Waals surface area (Å²) in [7, 11) is 0. The number of nitriles is 1. The van der Waals surface area contributed by atoms with Gasteiger partial charge in [0.15, 0.2) is 0 Å². The summed E-state index contributed by atoms with van der Waals surface area (Å²) in [5.41, 5.74) is 3.24. The molecule has 0 aliphatic carbocycles. The highest BCUT2D eigenvalue weighted by Crippen LogP contribution is 2.02. The molecule has 0 spiro atoms. The Labute approximate surface area is 94.8 Å². The molecule has 1 aromatic rings. The number of nitrogens with zero attached hydrogens (tertiary/aromatic N) is 1. The third kappa shape index (κ3) is 3.71. The van der Waals surface area contributed by atoms with Gasteiger partial charge in [-0.3, -0.25) is 9.63 Å². The van der Waals surface area contributed by atoms with E-state index < -0.39 is 5.92 Å². The molecule has 0 aliphatic rings. The first kappa shape index (κ1) is 12.2. The Morgan fingerprint density at radius 1 is 1.50 bits per heavy atom. The van der Waals surface area contributed by atoms with Crippen LogP contribution in [0.1, 0.15) is 18.9 Å². The summed E-state index contributed by atoms with van der Waals surface area (Å²) in [6, 6.07) is 11.4. The topological polar surface area (TPSA) is 62.1 Å². The van der Waals surface area contributed by atoms with Crippen LogP contribution in [0.5, 0.6) is 0 Å². The lowest BCUT2D eigenvalue weighted by Crippen LogP contribution is -2.29. The van der Waals surface area contributed by atoms with Gasteiger partial charge in [-0.25, -0.2) is 5.48 Å². The van der Waals surface area contributed by atoms with Crippen LogP contribution < -0.4 is 5.48 Å². The zero-order valence-electron chi connectivity index (χ0n) is 9.14. The Morgan fingerprint density at radius 3 is 2.75 bits per heavy atom. The van der Waals surface area contributed by atoms with Crippen LogP contribution in [-0.2, 0) is 16.2 Å². The molecule has 1 aromatic carbocycles. The van der Waals surface area contributed by atoms with Crippen LogP contribution in [0.4, 0.5) is 0 Å². The fourth-order valence-electron chi connectivity index (χ4n) is 1.17. The van der Waals surface area contributed by atoms with Gasteiger partial charge in [0.1, 0.15) is 5.92 Å². The van der Waals surface area contributed by atoms with Crippen molar-refractivity contribution in [2.75, 3.05) is 0 Å². The first-order chi connectivity index (χ1) is 7.77. The largest absolute Gasteiger partial charge is 0.271 e. The van der Waals surface area contributed by atoms with E-state index in [9.17, 15) is 4.79 Å². The van der Waals surface area contributed by atoms with Gasteiger partial charge in [0.05, 0.1) is 12.7 Å². The van der Waals surface area contributed by atoms with Gasteiger partial charge in [0.2, 0.25) is 0 Å². The Morgan fingerprint density at radius 2 is 2.19 bits per heavy atom. The van der Waals surface area contributed by atoms with E-state index in [0.717, 1.165) is 5.56 Å². The molecule has 1 amide bonds. The molecule has 0 aliphatic heterocycles. The molecule has 0 fully saturated rings. The Kier molecular flexibility index (Phi) is 5.03. The van der Waals surface area contributed by atoms with Crippen molar-refractivity contribution in [3.8, 4) is 6.07 Å². The Hall–Kier alpha value is -1.86. The van der Waals surface area contributed by atoms with Crippen molar-refractivity contribution in [1.29, 1.82) is 5.26 Å². The minimum Gasteiger partial charge on any atom is -0.271 e. The molecule has 0 heterocycles. The number of amides is 1. The maximum absolute atomic E-state index is 11.3. The second-order valence-corrected chi connectivity index (χ2v) is 3.33. The highest BCUT2D eigenvalue weighted by atomic mass is 16.6. The summed E-state index contributed by atoms with van der Waals surface area (Å²) in [5.74, 6) is -1.03. The smallest absolute Gasteiger partial charge is 0.260 e. The molecule has 1 atom stereocenters. The van der Waals surface area contributed by atoms with Crippen molar-refractivity contribution in [2.45, 2.75) is 20.0 Å². The molecular formula is C12H14N2O2. The number of benzene rings is 1. The van der Waals surface area contributed by atoms with Gasteiger partial charge in [-0.15, -0.1) is 0 Å². The van der Waals surface area contributed by atoms with Gasteiger partial charge < -0.3 is 0 Å². The lowest BCUT2D eigenvalue weighted by Gasteiger charge is -2.08. The number of hydrogen-bond acceptors (Lipinski definition) is 3. The molecule has 0 saturated heterocycles. The molecule has 0 saturated carbocycles. The van der Waals surface area contributed by atoms with Crippen molar-refractivity contribution >= 4 is 5.91 Å². The number of carbonyl (C=O) groups is 1. The van der Waals surface area contributed by atoms with E-state index in [4.69, 9.17) is 10.1 Å². The first-order valence-corrected chi connectivity index (χ1v) is 5.13. The van der Waals surface area contributed by atoms with E-state index in [0.29, 0.717) is 13.0 Å². The van der Waals surface area contributed by atoms with Crippen LogP contribution in [0.25, 0.3) is 0 Å². The molecule has 84 valence electrons. The molecule has 1 unspecified atom stereocenters. The normalized spacial score (nSPS) is 11.5. The third-order valence-corrected chi connectivity index (χ3v) is 2.13. The number of rotatable bonds is 5. The van der Waals surface area contributed by atoms with E-state index in [1.54, 1.807) is 6.92 Å². The average molecular weight is 218 g/mol. The maximum Gasteiger partial charge on any atom is 0.260 e. The maximum atomic E-state index is 11.3. The van der Waals surface area contributed by atoms with Crippen molar-refractivity contribution in [3.63, 3.8) is 0 Å². The molecule has 4 heteroatoms. The van der Waals surface area contributed by atoms with Crippen molar-refractivity contribution in [2.24, 2.45) is 5.92 Å². The second-order valence-electron chi connectivity index (χ2n) is 3.33. The highest BCUT2D eigenvalue weighted by Gasteiger charge is 2.14. The summed E-state index contributed by atoms with van der Waals surface area (Å²) < 4.78 is 0. The number of carbonyl (C=O) groups excluding carboxylic acids is 1. The van der Waals surface area contributed by atoms with Crippen molar-refractivity contribution < 1.29 is 9.63 Å². The van der Waals surface area contributed by atoms with Crippen LogP contribution >= 0.6 is 0 Å². The zero-order valence-corrected chi connectivity index (χ0v) is 9.14. The Bertz CT molecular complexity index is 370. The van der Waals surface area contributed by atoms with Crippen molar-refractivity contribution in [1.82, 2.24) is 5.48 Å². The summed E-state index contributed by atoms with van der Waals surface area (Å²) in [6.45, 7) is 2.08. The van der Waals surface area contributed by atoms with Crippen LogP contribution in [0, 0.1) is 17.2 Å². The minimum absolute atomic E-state index is 0.300. The molecule has 16 heavy (non-hydrogen) atoms. The summed E-state index contributed by atoms with van der Waals surface area (Å²) in [5, 5.41) is 8.65. The monoisotopic (exact) mass is 218 g/mol. The molecule has 0 bridgehead atoms. The average Bonchev–Trinajstić information content (AvgIpc) is 2.32. The van der Waals surface area contributed by atoms with Gasteiger partial charge in [0, 0.05) is 0 Å². The lowest BCUT2D eigenvalue weighted by atomic mass is 10.1. The van der Waals surface area contributed by atoms with Crippen molar-refractivity contribution in [3.05, 3.63) is 35.9 Å². The van der Waals surface area contributed by atoms with Gasteiger partial charge in [0.25, 0.3) is 5.91 Å². The fourth-order valence-corrected chi connectivity index (χ4v) is 1.17.